The maximum Gasteiger partial charge on any atom is 0.123 e. The highest BCUT2D eigenvalue weighted by Gasteiger charge is 2.15. The van der Waals surface area contributed by atoms with Gasteiger partial charge < -0.3 is 5.32 Å². The van der Waals surface area contributed by atoms with E-state index in [1.165, 1.54) is 12.1 Å². The van der Waals surface area contributed by atoms with E-state index in [1.807, 2.05) is 11.4 Å². The molecule has 0 aliphatic carbocycles. The molecule has 1 heterocycles. The molecule has 0 fully saturated rings. The molecule has 0 saturated carbocycles. The van der Waals surface area contributed by atoms with E-state index >= 15 is 0 Å². The van der Waals surface area contributed by atoms with Crippen molar-refractivity contribution in [2.45, 2.75) is 17.9 Å². The third-order valence-corrected chi connectivity index (χ3v) is 5.22. The van der Waals surface area contributed by atoms with Crippen LogP contribution in [0.15, 0.2) is 40.6 Å². The minimum Gasteiger partial charge on any atom is -0.309 e. The first kappa shape index (κ1) is 14.9. The summed E-state index contributed by atoms with van der Waals surface area (Å²) < 4.78 is 12.8. The van der Waals surface area contributed by atoms with Gasteiger partial charge in [-0.1, -0.05) is 18.5 Å². The number of hydrogen-bond donors (Lipinski definition) is 1. The Balaban J connectivity index is 2.01. The molecule has 2 rings (SSSR count). The number of benzene rings is 1. The predicted molar refractivity (Wildman–Crippen MR) is 82.9 cm³/mol. The minimum atomic E-state index is -0.200. The van der Waals surface area contributed by atoms with Crippen LogP contribution in [0.4, 0.5) is 4.39 Å². The lowest BCUT2D eigenvalue weighted by Crippen LogP contribution is -2.22. The molecule has 1 atom stereocenters. The van der Waals surface area contributed by atoms with Crippen molar-refractivity contribution in [1.82, 2.24) is 5.32 Å². The van der Waals surface area contributed by atoms with E-state index in [2.05, 4.69) is 12.2 Å². The van der Waals surface area contributed by atoms with Crippen LogP contribution in [0.2, 0.25) is 5.02 Å². The van der Waals surface area contributed by atoms with E-state index in [-0.39, 0.29) is 11.9 Å². The fraction of sp³-hybridized carbons (Fsp3) is 0.286. The van der Waals surface area contributed by atoms with Crippen molar-refractivity contribution in [1.29, 1.82) is 0 Å². The third-order valence-electron chi connectivity index (χ3n) is 2.64. The molecular weight excluding hydrogens is 301 g/mol. The van der Waals surface area contributed by atoms with Crippen LogP contribution < -0.4 is 5.32 Å². The second-order valence-corrected chi connectivity index (χ2v) is 6.46. The summed E-state index contributed by atoms with van der Waals surface area (Å²) in [5.41, 5.74) is 0. The quantitative estimate of drug-likeness (QED) is 0.754. The van der Waals surface area contributed by atoms with Gasteiger partial charge in [-0.05, 0) is 42.3 Å². The average molecular weight is 316 g/mol. The summed E-state index contributed by atoms with van der Waals surface area (Å²) in [7, 11) is 0. The maximum atomic E-state index is 12.8. The molecule has 1 unspecified atom stereocenters. The minimum absolute atomic E-state index is 0.200. The number of thiophene rings is 1. The monoisotopic (exact) mass is 315 g/mol. The highest BCUT2D eigenvalue weighted by atomic mass is 35.5. The summed E-state index contributed by atoms with van der Waals surface area (Å²) in [6, 6.07) is 8.74. The number of rotatable bonds is 6. The SMILES string of the molecule is CCNC(CSc1ccc(F)cc1)c1sccc1Cl. The third kappa shape index (κ3) is 4.21. The summed E-state index contributed by atoms with van der Waals surface area (Å²) in [5.74, 6) is 0.675. The van der Waals surface area contributed by atoms with Crippen molar-refractivity contribution in [2.75, 3.05) is 12.3 Å². The smallest absolute Gasteiger partial charge is 0.123 e. The molecule has 1 nitrogen and oxygen atoms in total. The highest BCUT2D eigenvalue weighted by Crippen LogP contribution is 2.32. The molecule has 0 amide bonds. The molecule has 0 radical (unpaired) electrons. The first-order valence-corrected chi connectivity index (χ1v) is 8.29. The van der Waals surface area contributed by atoms with Gasteiger partial charge in [0.25, 0.3) is 0 Å². The van der Waals surface area contributed by atoms with Gasteiger partial charge in [0, 0.05) is 15.5 Å². The van der Waals surface area contributed by atoms with Crippen molar-refractivity contribution in [3.05, 3.63) is 51.4 Å². The van der Waals surface area contributed by atoms with Gasteiger partial charge in [0.2, 0.25) is 0 Å². The van der Waals surface area contributed by atoms with E-state index < -0.39 is 0 Å². The zero-order valence-corrected chi connectivity index (χ0v) is 12.9. The summed E-state index contributed by atoms with van der Waals surface area (Å²) in [6.45, 7) is 2.97. The van der Waals surface area contributed by atoms with Crippen LogP contribution in [-0.2, 0) is 0 Å². The highest BCUT2D eigenvalue weighted by molar-refractivity contribution is 7.99. The Morgan fingerprint density at radius 1 is 1.32 bits per heavy atom. The van der Waals surface area contributed by atoms with Gasteiger partial charge in [0.15, 0.2) is 0 Å². The summed E-state index contributed by atoms with van der Waals surface area (Å²) in [5, 5.41) is 6.26. The Hall–Kier alpha value is -0.550. The molecular formula is C14H15ClFNS2. The van der Waals surface area contributed by atoms with Gasteiger partial charge in [-0.25, -0.2) is 4.39 Å². The van der Waals surface area contributed by atoms with Crippen LogP contribution in [0.5, 0.6) is 0 Å². The Morgan fingerprint density at radius 2 is 2.05 bits per heavy atom. The van der Waals surface area contributed by atoms with E-state index in [1.54, 1.807) is 35.2 Å². The lowest BCUT2D eigenvalue weighted by molar-refractivity contribution is 0.615. The molecule has 0 aliphatic rings. The topological polar surface area (TPSA) is 12.0 Å². The van der Waals surface area contributed by atoms with Gasteiger partial charge in [-0.2, -0.15) is 0 Å². The fourth-order valence-electron chi connectivity index (χ4n) is 1.74. The van der Waals surface area contributed by atoms with Gasteiger partial charge >= 0.3 is 0 Å². The van der Waals surface area contributed by atoms with Crippen molar-refractivity contribution in [2.24, 2.45) is 0 Å². The van der Waals surface area contributed by atoms with Crippen LogP contribution in [0.3, 0.4) is 0 Å². The molecule has 0 aliphatic heterocycles. The van der Waals surface area contributed by atoms with Gasteiger partial charge in [0.05, 0.1) is 11.1 Å². The van der Waals surface area contributed by atoms with E-state index in [0.29, 0.717) is 0 Å². The van der Waals surface area contributed by atoms with Crippen LogP contribution in [0, 0.1) is 5.82 Å². The van der Waals surface area contributed by atoms with E-state index in [9.17, 15) is 4.39 Å². The fourth-order valence-corrected chi connectivity index (χ4v) is 4.08. The second kappa shape index (κ2) is 7.29. The first-order valence-electron chi connectivity index (χ1n) is 6.05. The van der Waals surface area contributed by atoms with Crippen LogP contribution in [0.25, 0.3) is 0 Å². The summed E-state index contributed by atoms with van der Waals surface area (Å²) in [4.78, 5) is 2.23. The van der Waals surface area contributed by atoms with E-state index in [4.69, 9.17) is 11.6 Å². The maximum absolute atomic E-state index is 12.8. The predicted octanol–water partition coefficient (Wildman–Crippen LogP) is 4.98. The van der Waals surface area contributed by atoms with Gasteiger partial charge in [-0.3, -0.25) is 0 Å². The van der Waals surface area contributed by atoms with Crippen molar-refractivity contribution in [3.63, 3.8) is 0 Å². The molecule has 102 valence electrons. The van der Waals surface area contributed by atoms with Crippen molar-refractivity contribution < 1.29 is 4.39 Å². The van der Waals surface area contributed by atoms with Crippen molar-refractivity contribution in [3.8, 4) is 0 Å². The van der Waals surface area contributed by atoms with Crippen molar-refractivity contribution >= 4 is 34.7 Å². The molecule has 5 heteroatoms. The zero-order valence-electron chi connectivity index (χ0n) is 10.5. The lowest BCUT2D eigenvalue weighted by atomic mass is 10.3. The summed E-state index contributed by atoms with van der Waals surface area (Å²) >= 11 is 9.55. The number of halogens is 2. The Labute approximate surface area is 126 Å². The number of hydrogen-bond acceptors (Lipinski definition) is 3. The number of thioether (sulfide) groups is 1. The Bertz CT molecular complexity index is 512. The average Bonchev–Trinajstić information content (AvgIpc) is 2.83. The van der Waals surface area contributed by atoms with Gasteiger partial charge in [-0.15, -0.1) is 23.1 Å². The molecule has 1 aromatic heterocycles. The molecule has 0 spiro atoms. The molecule has 0 saturated heterocycles. The molecule has 0 bridgehead atoms. The molecule has 2 aromatic rings. The largest absolute Gasteiger partial charge is 0.309 e. The Kier molecular flexibility index (Phi) is 5.70. The van der Waals surface area contributed by atoms with Crippen LogP contribution in [-0.4, -0.2) is 12.3 Å². The molecule has 1 N–H and O–H groups in total. The van der Waals surface area contributed by atoms with Crippen LogP contribution in [0.1, 0.15) is 17.8 Å². The summed E-state index contributed by atoms with van der Waals surface area (Å²) in [6.07, 6.45) is 0. The lowest BCUT2D eigenvalue weighted by Gasteiger charge is -2.16. The normalized spacial score (nSPS) is 12.6. The number of nitrogens with one attached hydrogen (secondary N) is 1. The zero-order chi connectivity index (χ0) is 13.7. The standard InChI is InChI=1S/C14H15ClFNS2/c1-2-17-13(14-12(15)7-8-18-14)9-19-11-5-3-10(16)4-6-11/h3-8,13,17H,2,9H2,1H3. The second-order valence-electron chi connectivity index (χ2n) is 4.01. The molecule has 1 aromatic carbocycles. The van der Waals surface area contributed by atoms with Gasteiger partial charge in [0.1, 0.15) is 5.82 Å². The molecule has 19 heavy (non-hydrogen) atoms. The Morgan fingerprint density at radius 3 is 2.63 bits per heavy atom. The first-order chi connectivity index (χ1) is 9.20. The van der Waals surface area contributed by atoms with Crippen LogP contribution >= 0.6 is 34.7 Å². The van der Waals surface area contributed by atoms with E-state index in [0.717, 1.165) is 27.1 Å².